The van der Waals surface area contributed by atoms with E-state index in [9.17, 15) is 10.2 Å². The first-order chi connectivity index (χ1) is 9.77. The number of para-hydroxylation sites is 2. The van der Waals surface area contributed by atoms with E-state index in [4.69, 9.17) is 0 Å². The Labute approximate surface area is 146 Å². The standard InChI is InChI=1S/C16H16N2O2.ClH.Fe/c19-15-7-3-1-5-13(15)11-17-9-10-18-12-14-6-2-4-8-16(14)20;;/h1-8,11-12,19-20H,9-10H2;1H;/q;;+2/p-1. The molecule has 0 unspecified atom stereocenters. The second-order valence-corrected chi connectivity index (χ2v) is 4.19. The maximum Gasteiger partial charge on any atom is 2.00 e. The molecular weight excluding hydrogens is 343 g/mol. The van der Waals surface area contributed by atoms with Crippen molar-refractivity contribution < 1.29 is 39.7 Å². The Bertz CT molecular complexity index is 578. The van der Waals surface area contributed by atoms with Gasteiger partial charge in [-0.05, 0) is 24.3 Å². The van der Waals surface area contributed by atoms with Crippen molar-refractivity contribution in [3.8, 4) is 11.5 Å². The number of hydrogen-bond donors (Lipinski definition) is 2. The number of benzene rings is 2. The first-order valence-corrected chi connectivity index (χ1v) is 6.33. The van der Waals surface area contributed by atoms with E-state index in [-0.39, 0.29) is 41.0 Å². The van der Waals surface area contributed by atoms with Crippen LogP contribution in [0.2, 0.25) is 0 Å². The average molecular weight is 360 g/mol. The number of nitrogens with zero attached hydrogens (tertiary/aromatic N) is 2. The van der Waals surface area contributed by atoms with Gasteiger partial charge in [0.2, 0.25) is 0 Å². The van der Waals surface area contributed by atoms with Gasteiger partial charge >= 0.3 is 17.1 Å². The molecule has 0 aromatic heterocycles. The summed E-state index contributed by atoms with van der Waals surface area (Å²) in [5, 5.41) is 19.1. The Hall–Kier alpha value is -1.81. The van der Waals surface area contributed by atoms with Crippen molar-refractivity contribution in [1.82, 2.24) is 0 Å². The number of hydrogen-bond acceptors (Lipinski definition) is 4. The number of halogens is 1. The molecule has 0 aliphatic heterocycles. The van der Waals surface area contributed by atoms with Crippen LogP contribution < -0.4 is 12.4 Å². The van der Waals surface area contributed by atoms with Gasteiger partial charge in [0.25, 0.3) is 0 Å². The summed E-state index contributed by atoms with van der Waals surface area (Å²) in [7, 11) is 0. The van der Waals surface area contributed by atoms with E-state index in [1.165, 1.54) is 0 Å². The molecule has 0 radical (unpaired) electrons. The molecule has 22 heavy (non-hydrogen) atoms. The van der Waals surface area contributed by atoms with Crippen LogP contribution in [0.1, 0.15) is 11.1 Å². The summed E-state index contributed by atoms with van der Waals surface area (Å²) in [4.78, 5) is 8.39. The Morgan fingerprint density at radius 3 is 1.45 bits per heavy atom. The maximum absolute atomic E-state index is 9.54. The topological polar surface area (TPSA) is 65.2 Å². The van der Waals surface area contributed by atoms with E-state index in [0.29, 0.717) is 24.2 Å². The van der Waals surface area contributed by atoms with Crippen LogP contribution in [0.3, 0.4) is 0 Å². The molecule has 0 saturated heterocycles. The fourth-order valence-corrected chi connectivity index (χ4v) is 1.63. The minimum Gasteiger partial charge on any atom is -1.00 e. The summed E-state index contributed by atoms with van der Waals surface area (Å²) in [6.45, 7) is 1.05. The first-order valence-electron chi connectivity index (χ1n) is 6.33. The molecule has 2 aromatic rings. The van der Waals surface area contributed by atoms with Crippen LogP contribution in [0.15, 0.2) is 58.5 Å². The zero-order chi connectivity index (χ0) is 14.2. The largest absolute Gasteiger partial charge is 2.00 e. The van der Waals surface area contributed by atoms with Crippen LogP contribution in [0, 0.1) is 0 Å². The molecular formula is C16H16ClFeN2O2+. The summed E-state index contributed by atoms with van der Waals surface area (Å²) < 4.78 is 0. The second-order valence-electron chi connectivity index (χ2n) is 4.19. The van der Waals surface area contributed by atoms with Crippen molar-refractivity contribution in [3.63, 3.8) is 0 Å². The van der Waals surface area contributed by atoms with Gasteiger partial charge in [-0.1, -0.05) is 24.3 Å². The monoisotopic (exact) mass is 359 g/mol. The molecule has 0 bridgehead atoms. The molecule has 2 N–H and O–H groups in total. The number of rotatable bonds is 5. The van der Waals surface area contributed by atoms with Crippen molar-refractivity contribution in [2.75, 3.05) is 13.1 Å². The second kappa shape index (κ2) is 10.9. The number of phenols is 2. The number of aliphatic imine (C=N–C) groups is 2. The van der Waals surface area contributed by atoms with E-state index in [0.717, 1.165) is 0 Å². The summed E-state index contributed by atoms with van der Waals surface area (Å²) in [6.07, 6.45) is 3.26. The molecule has 0 fully saturated rings. The zero-order valence-corrected chi connectivity index (χ0v) is 13.6. The van der Waals surface area contributed by atoms with Gasteiger partial charge in [0.1, 0.15) is 11.5 Å². The van der Waals surface area contributed by atoms with E-state index >= 15 is 0 Å². The minimum absolute atomic E-state index is 0. The fraction of sp³-hybridized carbons (Fsp3) is 0.125. The fourth-order valence-electron chi connectivity index (χ4n) is 1.63. The SMILES string of the molecule is Oc1ccccc1C=NCCN=Cc1ccccc1O.[Cl-].[Fe+2]. The molecule has 116 valence electrons. The van der Waals surface area contributed by atoms with E-state index in [2.05, 4.69) is 9.98 Å². The smallest absolute Gasteiger partial charge is 1.00 e. The van der Waals surface area contributed by atoms with Gasteiger partial charge in [-0.15, -0.1) is 0 Å². The van der Waals surface area contributed by atoms with E-state index in [1.54, 1.807) is 48.8 Å². The third-order valence-corrected chi connectivity index (χ3v) is 2.69. The summed E-state index contributed by atoms with van der Waals surface area (Å²) in [6, 6.07) is 14.1. The third-order valence-electron chi connectivity index (χ3n) is 2.69. The molecule has 0 saturated carbocycles. The summed E-state index contributed by atoms with van der Waals surface area (Å²) in [5.74, 6) is 0.433. The Kier molecular flexibility index (Phi) is 9.96. The molecule has 6 heteroatoms. The van der Waals surface area contributed by atoms with Crippen LogP contribution in [0.25, 0.3) is 0 Å². The average Bonchev–Trinajstić information content (AvgIpc) is 2.46. The van der Waals surface area contributed by atoms with Crippen molar-refractivity contribution in [2.45, 2.75) is 0 Å². The molecule has 0 spiro atoms. The molecule has 0 aliphatic rings. The quantitative estimate of drug-likeness (QED) is 0.435. The predicted octanol–water partition coefficient (Wildman–Crippen LogP) is -0.363. The van der Waals surface area contributed by atoms with Crippen LogP contribution in [-0.4, -0.2) is 35.7 Å². The number of phenolic OH excluding ortho intramolecular Hbond substituents is 2. The van der Waals surface area contributed by atoms with Gasteiger partial charge in [-0.25, -0.2) is 0 Å². The van der Waals surface area contributed by atoms with Gasteiger partial charge in [0, 0.05) is 23.6 Å². The zero-order valence-electron chi connectivity index (χ0n) is 11.7. The van der Waals surface area contributed by atoms with Crippen molar-refractivity contribution in [1.29, 1.82) is 0 Å². The molecule has 2 aromatic carbocycles. The Balaban J connectivity index is 0.00000220. The van der Waals surface area contributed by atoms with E-state index in [1.807, 2.05) is 12.1 Å². The van der Waals surface area contributed by atoms with Gasteiger partial charge in [0.15, 0.2) is 0 Å². The van der Waals surface area contributed by atoms with Crippen molar-refractivity contribution in [2.24, 2.45) is 9.98 Å². The minimum atomic E-state index is 0. The van der Waals surface area contributed by atoms with E-state index < -0.39 is 0 Å². The van der Waals surface area contributed by atoms with Gasteiger partial charge in [-0.2, -0.15) is 0 Å². The molecule has 0 aliphatic carbocycles. The third kappa shape index (κ3) is 6.31. The van der Waals surface area contributed by atoms with Gasteiger partial charge in [0.05, 0.1) is 13.1 Å². The number of aromatic hydroxyl groups is 2. The molecule has 0 atom stereocenters. The summed E-state index contributed by atoms with van der Waals surface area (Å²) in [5.41, 5.74) is 1.38. The maximum atomic E-state index is 9.54. The molecule has 4 nitrogen and oxygen atoms in total. The van der Waals surface area contributed by atoms with Crippen LogP contribution in [-0.2, 0) is 17.1 Å². The van der Waals surface area contributed by atoms with Crippen LogP contribution in [0.4, 0.5) is 0 Å². The molecule has 0 heterocycles. The summed E-state index contributed by atoms with van der Waals surface area (Å²) >= 11 is 0. The first kappa shape index (κ1) is 20.2. The predicted molar refractivity (Wildman–Crippen MR) is 81.1 cm³/mol. The van der Waals surface area contributed by atoms with Crippen LogP contribution >= 0.6 is 0 Å². The van der Waals surface area contributed by atoms with Gasteiger partial charge in [-0.3, -0.25) is 9.98 Å². The molecule has 2 rings (SSSR count). The normalized spacial score (nSPS) is 10.4. The molecule has 0 amide bonds. The Morgan fingerprint density at radius 2 is 1.09 bits per heavy atom. The van der Waals surface area contributed by atoms with Crippen LogP contribution in [0.5, 0.6) is 11.5 Å². The van der Waals surface area contributed by atoms with Crippen molar-refractivity contribution >= 4 is 12.4 Å². The van der Waals surface area contributed by atoms with Gasteiger partial charge < -0.3 is 22.6 Å². The van der Waals surface area contributed by atoms with Crippen molar-refractivity contribution in [3.05, 3.63) is 59.7 Å². The Morgan fingerprint density at radius 1 is 0.727 bits per heavy atom.